The van der Waals surface area contributed by atoms with Crippen molar-refractivity contribution in [3.8, 4) is 5.69 Å². The number of benzene rings is 3. The van der Waals surface area contributed by atoms with Gasteiger partial charge in [0, 0.05) is 5.56 Å². The van der Waals surface area contributed by atoms with Gasteiger partial charge >= 0.3 is 0 Å². The Kier molecular flexibility index (Phi) is 7.52. The van der Waals surface area contributed by atoms with Crippen LogP contribution in [0.2, 0.25) is 5.15 Å². The Morgan fingerprint density at radius 3 is 2.25 bits per heavy atom. The normalized spacial score (nSPS) is 11.5. The molecule has 0 aliphatic heterocycles. The lowest BCUT2D eigenvalue weighted by Gasteiger charge is -2.22. The molecule has 1 amide bonds. The maximum atomic E-state index is 12.6. The van der Waals surface area contributed by atoms with E-state index in [1.54, 1.807) is 53.2 Å². The standard InChI is InChI=1S/C26H24ClN5O3S/c1-19-24(25(27)30-32(19)23-11-7-4-8-12-23)17-28-29-26(33)21-15-13-20(14-16-21)18-31(36(2,34)35)22-9-5-3-6-10-22/h3-17H,18H2,1-2H3,(H,29,33)/b28-17-. The first-order valence-corrected chi connectivity index (χ1v) is 13.2. The first-order chi connectivity index (χ1) is 17.2. The van der Waals surface area contributed by atoms with Crippen LogP contribution in [0.1, 0.15) is 27.2 Å². The summed E-state index contributed by atoms with van der Waals surface area (Å²) in [5.74, 6) is -0.412. The van der Waals surface area contributed by atoms with Gasteiger partial charge in [-0.3, -0.25) is 9.10 Å². The van der Waals surface area contributed by atoms with Crippen LogP contribution >= 0.6 is 11.6 Å². The highest BCUT2D eigenvalue weighted by Crippen LogP contribution is 2.21. The van der Waals surface area contributed by atoms with E-state index in [9.17, 15) is 13.2 Å². The van der Waals surface area contributed by atoms with Gasteiger partial charge in [-0.05, 0) is 48.9 Å². The van der Waals surface area contributed by atoms with Crippen LogP contribution in [-0.2, 0) is 16.6 Å². The van der Waals surface area contributed by atoms with E-state index >= 15 is 0 Å². The fourth-order valence-corrected chi connectivity index (χ4v) is 4.74. The molecule has 1 N–H and O–H groups in total. The number of halogens is 1. The summed E-state index contributed by atoms with van der Waals surface area (Å²) in [6, 6.07) is 25.1. The highest BCUT2D eigenvalue weighted by molar-refractivity contribution is 7.92. The summed E-state index contributed by atoms with van der Waals surface area (Å²) >= 11 is 6.28. The molecule has 8 nitrogen and oxygen atoms in total. The molecule has 0 saturated carbocycles. The molecule has 1 aromatic heterocycles. The number of hydrogen-bond acceptors (Lipinski definition) is 5. The molecule has 0 unspecified atom stereocenters. The Morgan fingerprint density at radius 2 is 1.64 bits per heavy atom. The number of carbonyl (C=O) groups is 1. The van der Waals surface area contributed by atoms with Gasteiger partial charge in [-0.25, -0.2) is 18.5 Å². The van der Waals surface area contributed by atoms with Crippen molar-refractivity contribution in [2.45, 2.75) is 13.5 Å². The second kappa shape index (κ2) is 10.8. The predicted octanol–water partition coefficient (Wildman–Crippen LogP) is 4.56. The number of carbonyl (C=O) groups excluding carboxylic acids is 1. The summed E-state index contributed by atoms with van der Waals surface area (Å²) in [6.45, 7) is 2.01. The Bertz CT molecular complexity index is 1490. The Morgan fingerprint density at radius 1 is 1.03 bits per heavy atom. The van der Waals surface area contributed by atoms with Crippen molar-refractivity contribution in [2.75, 3.05) is 10.6 Å². The molecule has 184 valence electrons. The minimum atomic E-state index is -3.49. The van der Waals surface area contributed by atoms with Crippen molar-refractivity contribution < 1.29 is 13.2 Å². The molecule has 10 heteroatoms. The quantitative estimate of drug-likeness (QED) is 0.271. The Hall–Kier alpha value is -3.95. The average Bonchev–Trinajstić information content (AvgIpc) is 3.16. The van der Waals surface area contributed by atoms with Crippen LogP contribution in [-0.4, -0.2) is 36.6 Å². The van der Waals surface area contributed by atoms with Crippen molar-refractivity contribution in [1.82, 2.24) is 15.2 Å². The number of nitrogens with one attached hydrogen (secondary N) is 1. The summed E-state index contributed by atoms with van der Waals surface area (Å²) in [4.78, 5) is 12.6. The van der Waals surface area contributed by atoms with E-state index in [1.807, 2.05) is 43.3 Å². The Labute approximate surface area is 214 Å². The smallest absolute Gasteiger partial charge is 0.267 e. The summed E-state index contributed by atoms with van der Waals surface area (Å²) in [5, 5.41) is 8.65. The fraction of sp³-hybridized carbons (Fsp3) is 0.115. The maximum absolute atomic E-state index is 12.6. The van der Waals surface area contributed by atoms with E-state index in [4.69, 9.17) is 11.6 Å². The van der Waals surface area contributed by atoms with Crippen LogP contribution in [0.4, 0.5) is 5.69 Å². The number of rotatable bonds is 8. The number of sulfonamides is 1. The maximum Gasteiger partial charge on any atom is 0.271 e. The van der Waals surface area contributed by atoms with Crippen LogP contribution < -0.4 is 9.73 Å². The van der Waals surface area contributed by atoms with Gasteiger partial charge in [0.15, 0.2) is 5.15 Å². The molecular formula is C26H24ClN5O3S. The molecule has 0 fully saturated rings. The highest BCUT2D eigenvalue weighted by atomic mass is 35.5. The molecule has 0 spiro atoms. The van der Waals surface area contributed by atoms with E-state index in [1.165, 1.54) is 10.5 Å². The molecule has 0 saturated heterocycles. The molecule has 0 aliphatic carbocycles. The molecule has 4 aromatic rings. The lowest BCUT2D eigenvalue weighted by molar-refractivity contribution is 0.0955. The van der Waals surface area contributed by atoms with Crippen molar-refractivity contribution in [3.63, 3.8) is 0 Å². The molecule has 0 aliphatic rings. The number of hydrazone groups is 1. The minimum absolute atomic E-state index is 0.145. The van der Waals surface area contributed by atoms with Crippen LogP contribution in [0.5, 0.6) is 0 Å². The van der Waals surface area contributed by atoms with Crippen LogP contribution in [0, 0.1) is 6.92 Å². The number of aromatic nitrogens is 2. The van der Waals surface area contributed by atoms with E-state index in [0.717, 1.165) is 23.2 Å². The van der Waals surface area contributed by atoms with E-state index in [0.29, 0.717) is 16.8 Å². The van der Waals surface area contributed by atoms with Crippen LogP contribution in [0.25, 0.3) is 5.69 Å². The van der Waals surface area contributed by atoms with Gasteiger partial charge in [0.2, 0.25) is 10.0 Å². The topological polar surface area (TPSA) is 96.7 Å². The molecule has 1 heterocycles. The summed E-state index contributed by atoms with van der Waals surface area (Å²) in [7, 11) is -3.49. The largest absolute Gasteiger partial charge is 0.271 e. The SMILES string of the molecule is Cc1c(/C=N\NC(=O)c2ccc(CN(c3ccccc3)S(C)(=O)=O)cc2)c(Cl)nn1-c1ccccc1. The zero-order chi connectivity index (χ0) is 25.7. The second-order valence-electron chi connectivity index (χ2n) is 8.04. The van der Waals surface area contributed by atoms with Gasteiger partial charge in [0.1, 0.15) is 0 Å². The van der Waals surface area contributed by atoms with E-state index < -0.39 is 15.9 Å². The summed E-state index contributed by atoms with van der Waals surface area (Å²) in [6.07, 6.45) is 2.62. The van der Waals surface area contributed by atoms with Gasteiger partial charge in [-0.1, -0.05) is 60.1 Å². The monoisotopic (exact) mass is 521 g/mol. The molecule has 36 heavy (non-hydrogen) atoms. The number of anilines is 1. The highest BCUT2D eigenvalue weighted by Gasteiger charge is 2.18. The predicted molar refractivity (Wildman–Crippen MR) is 142 cm³/mol. The Balaban J connectivity index is 1.43. The lowest BCUT2D eigenvalue weighted by atomic mass is 10.1. The van der Waals surface area contributed by atoms with E-state index in [-0.39, 0.29) is 11.7 Å². The molecule has 0 bridgehead atoms. The van der Waals surface area contributed by atoms with Crippen molar-refractivity contribution in [3.05, 3.63) is 112 Å². The first kappa shape index (κ1) is 25.2. The van der Waals surface area contributed by atoms with Crippen molar-refractivity contribution in [1.29, 1.82) is 0 Å². The minimum Gasteiger partial charge on any atom is -0.267 e. The van der Waals surface area contributed by atoms with Gasteiger partial charge < -0.3 is 0 Å². The number of para-hydroxylation sites is 2. The fourth-order valence-electron chi connectivity index (χ4n) is 3.59. The zero-order valence-electron chi connectivity index (χ0n) is 19.7. The number of amides is 1. The third-order valence-electron chi connectivity index (χ3n) is 5.46. The molecule has 3 aromatic carbocycles. The zero-order valence-corrected chi connectivity index (χ0v) is 21.2. The van der Waals surface area contributed by atoms with Gasteiger partial charge in [-0.15, -0.1) is 0 Å². The molecular weight excluding hydrogens is 498 g/mol. The van der Waals surface area contributed by atoms with Crippen LogP contribution in [0.3, 0.4) is 0 Å². The van der Waals surface area contributed by atoms with Gasteiger partial charge in [0.25, 0.3) is 5.91 Å². The summed E-state index contributed by atoms with van der Waals surface area (Å²) < 4.78 is 27.6. The van der Waals surface area contributed by atoms with Crippen LogP contribution in [0.15, 0.2) is 90.0 Å². The first-order valence-electron chi connectivity index (χ1n) is 11.0. The summed E-state index contributed by atoms with van der Waals surface area (Å²) in [5.41, 5.74) is 6.41. The van der Waals surface area contributed by atoms with E-state index in [2.05, 4.69) is 15.6 Å². The number of nitrogens with zero attached hydrogens (tertiary/aromatic N) is 4. The van der Waals surface area contributed by atoms with Gasteiger partial charge in [-0.2, -0.15) is 10.2 Å². The molecule has 0 atom stereocenters. The third-order valence-corrected chi connectivity index (χ3v) is 6.88. The van der Waals surface area contributed by atoms with Crippen molar-refractivity contribution in [2.24, 2.45) is 5.10 Å². The van der Waals surface area contributed by atoms with Crippen molar-refractivity contribution >= 4 is 39.4 Å². The number of hydrogen-bond donors (Lipinski definition) is 1. The molecule has 4 rings (SSSR count). The lowest BCUT2D eigenvalue weighted by Crippen LogP contribution is -2.29. The van der Waals surface area contributed by atoms with Gasteiger partial charge in [0.05, 0.1) is 41.6 Å². The average molecular weight is 522 g/mol. The second-order valence-corrected chi connectivity index (χ2v) is 10.3. The molecule has 0 radical (unpaired) electrons. The third kappa shape index (κ3) is 5.81.